The van der Waals surface area contributed by atoms with Crippen molar-refractivity contribution in [2.45, 2.75) is 31.6 Å². The van der Waals surface area contributed by atoms with Crippen molar-refractivity contribution in [1.29, 1.82) is 0 Å². The summed E-state index contributed by atoms with van der Waals surface area (Å²) in [5, 5.41) is 4.60. The van der Waals surface area contributed by atoms with Gasteiger partial charge < -0.3 is 5.32 Å². The van der Waals surface area contributed by atoms with E-state index in [9.17, 15) is 0 Å². The molecule has 1 aromatic carbocycles. The van der Waals surface area contributed by atoms with Gasteiger partial charge in [-0.2, -0.15) is 11.8 Å². The fourth-order valence-corrected chi connectivity index (χ4v) is 2.98. The molecule has 0 bridgehead atoms. The zero-order valence-corrected chi connectivity index (χ0v) is 12.9. The lowest BCUT2D eigenvalue weighted by Crippen LogP contribution is -2.22. The van der Waals surface area contributed by atoms with Crippen molar-refractivity contribution in [3.8, 4) is 0 Å². The molecule has 0 aliphatic rings. The van der Waals surface area contributed by atoms with Gasteiger partial charge in [-0.05, 0) is 24.7 Å². The predicted molar refractivity (Wildman–Crippen MR) is 85.8 cm³/mol. The number of pyridine rings is 1. The van der Waals surface area contributed by atoms with Gasteiger partial charge in [0.1, 0.15) is 0 Å². The van der Waals surface area contributed by atoms with Gasteiger partial charge >= 0.3 is 0 Å². The van der Waals surface area contributed by atoms with Crippen LogP contribution in [-0.2, 0) is 0 Å². The number of nitrogens with one attached hydrogen (secondary N) is 1. The summed E-state index contributed by atoms with van der Waals surface area (Å²) in [5.41, 5.74) is 2.32. The molecule has 2 rings (SSSR count). The molecule has 0 spiro atoms. The Kier molecular flexibility index (Phi) is 4.48. The van der Waals surface area contributed by atoms with Crippen molar-refractivity contribution in [3.63, 3.8) is 0 Å². The normalized spacial score (nSPS) is 13.7. The van der Waals surface area contributed by atoms with E-state index in [1.165, 1.54) is 10.9 Å². The second-order valence-electron chi connectivity index (χ2n) is 5.73. The second-order valence-corrected chi connectivity index (χ2v) is 7.57. The number of rotatable bonds is 4. The summed E-state index contributed by atoms with van der Waals surface area (Å²) in [5.74, 6) is 1.06. The molecular weight excluding hydrogens is 252 g/mol. The minimum atomic E-state index is 0.291. The van der Waals surface area contributed by atoms with E-state index in [4.69, 9.17) is 0 Å². The summed E-state index contributed by atoms with van der Waals surface area (Å²) in [4.78, 5) is 4.55. The van der Waals surface area contributed by atoms with Crippen molar-refractivity contribution < 1.29 is 0 Å². The zero-order chi connectivity index (χ0) is 13.9. The topological polar surface area (TPSA) is 24.9 Å². The van der Waals surface area contributed by atoms with Gasteiger partial charge in [0.15, 0.2) is 0 Å². The molecule has 3 heteroatoms. The van der Waals surface area contributed by atoms with E-state index < -0.39 is 0 Å². The van der Waals surface area contributed by atoms with Crippen LogP contribution in [0.25, 0.3) is 10.9 Å². The summed E-state index contributed by atoms with van der Waals surface area (Å²) in [7, 11) is 2.02. The highest BCUT2D eigenvalue weighted by Gasteiger charge is 2.16. The van der Waals surface area contributed by atoms with Crippen LogP contribution in [-0.4, -0.2) is 22.5 Å². The summed E-state index contributed by atoms with van der Waals surface area (Å²) < 4.78 is 0.291. The first kappa shape index (κ1) is 14.4. The van der Waals surface area contributed by atoms with Crippen molar-refractivity contribution in [2.24, 2.45) is 0 Å². The number of nitrogens with zero attached hydrogens (tertiary/aromatic N) is 1. The minimum Gasteiger partial charge on any atom is -0.312 e. The number of fused-ring (bicyclic) bond motifs is 1. The van der Waals surface area contributed by atoms with E-state index in [-0.39, 0.29) is 0 Å². The maximum atomic E-state index is 4.55. The van der Waals surface area contributed by atoms with Crippen LogP contribution >= 0.6 is 11.8 Å². The first-order chi connectivity index (χ1) is 8.99. The van der Waals surface area contributed by atoms with Crippen molar-refractivity contribution >= 4 is 22.7 Å². The second kappa shape index (κ2) is 5.93. The molecule has 0 amide bonds. The van der Waals surface area contributed by atoms with Gasteiger partial charge in [-0.3, -0.25) is 4.98 Å². The Morgan fingerprint density at radius 1 is 1.26 bits per heavy atom. The Labute approximate surface area is 120 Å². The first-order valence-corrected chi connectivity index (χ1v) is 7.64. The predicted octanol–water partition coefficient (Wildman–Crippen LogP) is 4.03. The van der Waals surface area contributed by atoms with Crippen LogP contribution < -0.4 is 5.32 Å². The van der Waals surface area contributed by atoms with Crippen molar-refractivity contribution in [2.75, 3.05) is 12.8 Å². The highest BCUT2D eigenvalue weighted by atomic mass is 32.2. The molecule has 0 aliphatic heterocycles. The molecular formula is C16H22N2S. The highest BCUT2D eigenvalue weighted by molar-refractivity contribution is 8.00. The molecule has 1 unspecified atom stereocenters. The third kappa shape index (κ3) is 3.95. The van der Waals surface area contributed by atoms with Gasteiger partial charge in [-0.25, -0.2) is 0 Å². The Hall–Kier alpha value is -1.06. The molecule has 0 aliphatic carbocycles. The molecule has 1 atom stereocenters. The Morgan fingerprint density at radius 3 is 2.68 bits per heavy atom. The fourth-order valence-electron chi connectivity index (χ4n) is 1.96. The molecule has 102 valence electrons. The molecule has 19 heavy (non-hydrogen) atoms. The van der Waals surface area contributed by atoms with E-state index in [0.29, 0.717) is 10.8 Å². The van der Waals surface area contributed by atoms with Crippen LogP contribution in [0.4, 0.5) is 0 Å². The standard InChI is InChI=1S/C16H22N2S/c1-16(2,3)19-11-15(17-4)13-9-12-7-5-6-8-14(12)18-10-13/h5-10,15,17H,11H2,1-4H3. The zero-order valence-electron chi connectivity index (χ0n) is 12.1. The smallest absolute Gasteiger partial charge is 0.0702 e. The van der Waals surface area contributed by atoms with E-state index in [2.05, 4.69) is 55.3 Å². The largest absolute Gasteiger partial charge is 0.312 e. The lowest BCUT2D eigenvalue weighted by molar-refractivity contribution is 0.655. The average molecular weight is 274 g/mol. The molecule has 1 aromatic heterocycles. The Morgan fingerprint density at radius 2 is 2.00 bits per heavy atom. The van der Waals surface area contributed by atoms with Crippen molar-refractivity contribution in [3.05, 3.63) is 42.1 Å². The third-order valence-corrected chi connectivity index (χ3v) is 4.41. The highest BCUT2D eigenvalue weighted by Crippen LogP contribution is 2.28. The molecule has 0 saturated heterocycles. The number of hydrogen-bond acceptors (Lipinski definition) is 3. The van der Waals surface area contributed by atoms with E-state index >= 15 is 0 Å². The summed E-state index contributed by atoms with van der Waals surface area (Å²) in [6, 6.07) is 10.9. The quantitative estimate of drug-likeness (QED) is 0.911. The van der Waals surface area contributed by atoms with Gasteiger partial charge in [0.25, 0.3) is 0 Å². The van der Waals surface area contributed by atoms with E-state index in [1.54, 1.807) is 0 Å². The third-order valence-electron chi connectivity index (χ3n) is 3.05. The van der Waals surface area contributed by atoms with Gasteiger partial charge in [-0.1, -0.05) is 39.0 Å². The SMILES string of the molecule is CNC(CSC(C)(C)C)c1cnc2ccccc2c1. The molecule has 0 radical (unpaired) electrons. The monoisotopic (exact) mass is 274 g/mol. The lowest BCUT2D eigenvalue weighted by atomic mass is 10.1. The van der Waals surface area contributed by atoms with Crippen LogP contribution in [0.5, 0.6) is 0 Å². The number of aromatic nitrogens is 1. The van der Waals surface area contributed by atoms with Gasteiger partial charge in [-0.15, -0.1) is 0 Å². The van der Waals surface area contributed by atoms with Gasteiger partial charge in [0.2, 0.25) is 0 Å². The van der Waals surface area contributed by atoms with Crippen LogP contribution in [0.3, 0.4) is 0 Å². The van der Waals surface area contributed by atoms with Crippen LogP contribution in [0.1, 0.15) is 32.4 Å². The fraction of sp³-hybridized carbons (Fsp3) is 0.438. The van der Waals surface area contributed by atoms with Gasteiger partial charge in [0.05, 0.1) is 5.52 Å². The Bertz CT molecular complexity index is 546. The number of hydrogen-bond donors (Lipinski definition) is 1. The molecule has 0 fully saturated rings. The number of thioether (sulfide) groups is 1. The first-order valence-electron chi connectivity index (χ1n) is 6.65. The van der Waals surface area contributed by atoms with E-state index in [0.717, 1.165) is 11.3 Å². The van der Waals surface area contributed by atoms with E-state index in [1.807, 2.05) is 31.1 Å². The number of benzene rings is 1. The number of para-hydroxylation sites is 1. The van der Waals surface area contributed by atoms with Crippen LogP contribution in [0, 0.1) is 0 Å². The summed E-state index contributed by atoms with van der Waals surface area (Å²) in [6.07, 6.45) is 1.99. The average Bonchev–Trinajstić information content (AvgIpc) is 2.38. The Balaban J connectivity index is 2.20. The van der Waals surface area contributed by atoms with Gasteiger partial charge in [0, 0.05) is 28.1 Å². The molecule has 2 nitrogen and oxygen atoms in total. The van der Waals surface area contributed by atoms with Crippen molar-refractivity contribution in [1.82, 2.24) is 10.3 Å². The summed E-state index contributed by atoms with van der Waals surface area (Å²) >= 11 is 1.98. The molecule has 0 saturated carbocycles. The maximum Gasteiger partial charge on any atom is 0.0702 e. The van der Waals surface area contributed by atoms with Crippen LogP contribution in [0.15, 0.2) is 36.5 Å². The molecule has 1 heterocycles. The minimum absolute atomic E-state index is 0.291. The molecule has 2 aromatic rings. The lowest BCUT2D eigenvalue weighted by Gasteiger charge is -2.23. The maximum absolute atomic E-state index is 4.55. The summed E-state index contributed by atoms with van der Waals surface area (Å²) in [6.45, 7) is 6.76. The van der Waals surface area contributed by atoms with Crippen LogP contribution in [0.2, 0.25) is 0 Å². The molecule has 1 N–H and O–H groups in total.